The van der Waals surface area contributed by atoms with Crippen molar-refractivity contribution in [2.75, 3.05) is 13.1 Å². The molecule has 0 aliphatic carbocycles. The number of piperidine rings is 1. The first kappa shape index (κ1) is 9.53. The molecule has 1 aromatic rings. The molecule has 2 rings (SSSR count). The zero-order chi connectivity index (χ0) is 9.97. The molecule has 0 bridgehead atoms. The summed E-state index contributed by atoms with van der Waals surface area (Å²) in [6.45, 7) is 4.29. The summed E-state index contributed by atoms with van der Waals surface area (Å²) in [7, 11) is 0. The molecule has 1 aliphatic heterocycles. The molecule has 14 heavy (non-hydrogen) atoms. The molecule has 1 unspecified atom stereocenters. The third-order valence-corrected chi connectivity index (χ3v) is 2.99. The molecule has 2 heteroatoms. The van der Waals surface area contributed by atoms with Crippen molar-refractivity contribution in [2.45, 2.75) is 25.7 Å². The molecule has 0 saturated carbocycles. The van der Waals surface area contributed by atoms with Crippen molar-refractivity contribution in [3.63, 3.8) is 0 Å². The SMILES string of the molecule is Cc1cc(O)ccc1C1CCCNC1. The lowest BCUT2D eigenvalue weighted by Gasteiger charge is -2.24. The Morgan fingerprint density at radius 2 is 2.29 bits per heavy atom. The van der Waals surface area contributed by atoms with Crippen LogP contribution in [0.2, 0.25) is 0 Å². The van der Waals surface area contributed by atoms with Crippen molar-refractivity contribution in [3.8, 4) is 5.75 Å². The fourth-order valence-electron chi connectivity index (χ4n) is 2.24. The second-order valence-corrected chi connectivity index (χ2v) is 4.08. The van der Waals surface area contributed by atoms with Gasteiger partial charge in [-0.15, -0.1) is 0 Å². The largest absolute Gasteiger partial charge is 0.508 e. The highest BCUT2D eigenvalue weighted by atomic mass is 16.3. The summed E-state index contributed by atoms with van der Waals surface area (Å²) in [5, 5.41) is 12.7. The minimum absolute atomic E-state index is 0.370. The summed E-state index contributed by atoms with van der Waals surface area (Å²) >= 11 is 0. The Morgan fingerprint density at radius 1 is 1.43 bits per heavy atom. The van der Waals surface area contributed by atoms with Gasteiger partial charge in [-0.3, -0.25) is 0 Å². The number of nitrogens with one attached hydrogen (secondary N) is 1. The lowest BCUT2D eigenvalue weighted by Crippen LogP contribution is -2.28. The molecule has 1 aliphatic rings. The first-order chi connectivity index (χ1) is 6.77. The molecular weight excluding hydrogens is 174 g/mol. The summed E-state index contributed by atoms with van der Waals surface area (Å²) in [4.78, 5) is 0. The van der Waals surface area contributed by atoms with Gasteiger partial charge in [0.25, 0.3) is 0 Å². The maximum Gasteiger partial charge on any atom is 0.115 e. The molecule has 1 saturated heterocycles. The molecule has 1 atom stereocenters. The monoisotopic (exact) mass is 191 g/mol. The van der Waals surface area contributed by atoms with Crippen LogP contribution in [-0.4, -0.2) is 18.2 Å². The third-order valence-electron chi connectivity index (χ3n) is 2.99. The Balaban J connectivity index is 2.22. The van der Waals surface area contributed by atoms with E-state index in [-0.39, 0.29) is 0 Å². The van der Waals surface area contributed by atoms with E-state index in [0.717, 1.165) is 13.1 Å². The summed E-state index contributed by atoms with van der Waals surface area (Å²) in [6, 6.07) is 5.70. The molecule has 2 nitrogen and oxygen atoms in total. The van der Waals surface area contributed by atoms with Crippen molar-refractivity contribution >= 4 is 0 Å². The first-order valence-corrected chi connectivity index (χ1v) is 5.27. The van der Waals surface area contributed by atoms with Crippen LogP contribution in [0.5, 0.6) is 5.75 Å². The lowest BCUT2D eigenvalue weighted by atomic mass is 9.89. The van der Waals surface area contributed by atoms with Gasteiger partial charge >= 0.3 is 0 Å². The molecule has 0 radical (unpaired) electrons. The maximum atomic E-state index is 9.32. The van der Waals surface area contributed by atoms with E-state index in [4.69, 9.17) is 0 Å². The van der Waals surface area contributed by atoms with Crippen molar-refractivity contribution in [1.82, 2.24) is 5.32 Å². The van der Waals surface area contributed by atoms with Crippen LogP contribution < -0.4 is 5.32 Å². The number of phenols is 1. The van der Waals surface area contributed by atoms with Crippen LogP contribution in [0, 0.1) is 6.92 Å². The Morgan fingerprint density at radius 3 is 2.93 bits per heavy atom. The first-order valence-electron chi connectivity index (χ1n) is 5.27. The Bertz CT molecular complexity index is 316. The zero-order valence-electron chi connectivity index (χ0n) is 8.59. The number of aryl methyl sites for hydroxylation is 1. The number of rotatable bonds is 1. The average molecular weight is 191 g/mol. The van der Waals surface area contributed by atoms with Crippen molar-refractivity contribution in [2.24, 2.45) is 0 Å². The van der Waals surface area contributed by atoms with Crippen LogP contribution in [0.3, 0.4) is 0 Å². The van der Waals surface area contributed by atoms with Gasteiger partial charge in [0.2, 0.25) is 0 Å². The highest BCUT2D eigenvalue weighted by Gasteiger charge is 2.16. The van der Waals surface area contributed by atoms with Gasteiger partial charge in [-0.25, -0.2) is 0 Å². The molecule has 2 N–H and O–H groups in total. The van der Waals surface area contributed by atoms with Gasteiger partial charge in [0.1, 0.15) is 5.75 Å². The van der Waals surface area contributed by atoms with E-state index < -0.39 is 0 Å². The highest BCUT2D eigenvalue weighted by Crippen LogP contribution is 2.27. The zero-order valence-corrected chi connectivity index (χ0v) is 8.59. The van der Waals surface area contributed by atoms with Crippen LogP contribution in [-0.2, 0) is 0 Å². The molecular formula is C12H17NO. The second kappa shape index (κ2) is 4.01. The van der Waals surface area contributed by atoms with E-state index >= 15 is 0 Å². The standard InChI is InChI=1S/C12H17NO/c1-9-7-11(14)4-5-12(9)10-3-2-6-13-8-10/h4-5,7,10,13-14H,2-3,6,8H2,1H3. The lowest BCUT2D eigenvalue weighted by molar-refractivity contribution is 0.456. The summed E-state index contributed by atoms with van der Waals surface area (Å²) in [6.07, 6.45) is 2.52. The molecule has 1 fully saturated rings. The number of benzene rings is 1. The maximum absolute atomic E-state index is 9.32. The van der Waals surface area contributed by atoms with Gasteiger partial charge in [-0.05, 0) is 55.5 Å². The minimum Gasteiger partial charge on any atom is -0.508 e. The number of hydrogen-bond acceptors (Lipinski definition) is 2. The van der Waals surface area contributed by atoms with Gasteiger partial charge in [0.05, 0.1) is 0 Å². The predicted molar refractivity (Wildman–Crippen MR) is 57.7 cm³/mol. The van der Waals surface area contributed by atoms with Gasteiger partial charge in [-0.2, -0.15) is 0 Å². The number of phenolic OH excluding ortho intramolecular Hbond substituents is 1. The Labute approximate surface area is 85.0 Å². The van der Waals surface area contributed by atoms with Crippen molar-refractivity contribution in [1.29, 1.82) is 0 Å². The fraction of sp³-hybridized carbons (Fsp3) is 0.500. The van der Waals surface area contributed by atoms with Gasteiger partial charge in [0, 0.05) is 6.54 Å². The van der Waals surface area contributed by atoms with E-state index in [1.807, 2.05) is 6.07 Å². The average Bonchev–Trinajstić information content (AvgIpc) is 2.19. The molecule has 1 heterocycles. The Kier molecular flexibility index (Phi) is 2.73. The van der Waals surface area contributed by atoms with E-state index in [1.54, 1.807) is 6.07 Å². The number of aromatic hydroxyl groups is 1. The van der Waals surface area contributed by atoms with Gasteiger partial charge < -0.3 is 10.4 Å². The molecule has 0 aromatic heterocycles. The Hall–Kier alpha value is -1.02. The normalized spacial score (nSPS) is 22.2. The van der Waals surface area contributed by atoms with Gasteiger partial charge in [-0.1, -0.05) is 6.07 Å². The summed E-state index contributed by atoms with van der Waals surface area (Å²) in [5.74, 6) is 0.999. The predicted octanol–water partition coefficient (Wildman–Crippen LogP) is 2.17. The van der Waals surface area contributed by atoms with Crippen LogP contribution in [0.1, 0.15) is 29.9 Å². The van der Waals surface area contributed by atoms with Crippen molar-refractivity contribution in [3.05, 3.63) is 29.3 Å². The minimum atomic E-state index is 0.370. The summed E-state index contributed by atoms with van der Waals surface area (Å²) < 4.78 is 0. The fourth-order valence-corrected chi connectivity index (χ4v) is 2.24. The second-order valence-electron chi connectivity index (χ2n) is 4.08. The topological polar surface area (TPSA) is 32.3 Å². The molecule has 0 spiro atoms. The van der Waals surface area contributed by atoms with Gasteiger partial charge in [0.15, 0.2) is 0 Å². The molecule has 76 valence electrons. The molecule has 1 aromatic carbocycles. The quantitative estimate of drug-likeness (QED) is 0.713. The smallest absolute Gasteiger partial charge is 0.115 e. The van der Waals surface area contributed by atoms with Crippen LogP contribution >= 0.6 is 0 Å². The van der Waals surface area contributed by atoms with E-state index in [9.17, 15) is 5.11 Å². The molecule has 0 amide bonds. The van der Waals surface area contributed by atoms with Crippen LogP contribution in [0.25, 0.3) is 0 Å². The van der Waals surface area contributed by atoms with E-state index in [0.29, 0.717) is 11.7 Å². The van der Waals surface area contributed by atoms with E-state index in [2.05, 4.69) is 18.3 Å². The third kappa shape index (κ3) is 1.90. The highest BCUT2D eigenvalue weighted by molar-refractivity contribution is 5.36. The van der Waals surface area contributed by atoms with Crippen LogP contribution in [0.15, 0.2) is 18.2 Å². The van der Waals surface area contributed by atoms with Crippen molar-refractivity contribution < 1.29 is 5.11 Å². The van der Waals surface area contributed by atoms with E-state index in [1.165, 1.54) is 24.0 Å². The summed E-state index contributed by atoms with van der Waals surface area (Å²) in [5.41, 5.74) is 2.59. The number of hydrogen-bond donors (Lipinski definition) is 2. The van der Waals surface area contributed by atoms with Crippen LogP contribution in [0.4, 0.5) is 0 Å².